The molecule has 3 nitrogen and oxygen atoms in total. The van der Waals surface area contributed by atoms with Crippen molar-refractivity contribution in [2.24, 2.45) is 5.92 Å². The molecule has 1 aliphatic heterocycles. The minimum Gasteiger partial charge on any atom is -0.326 e. The normalized spacial score (nSPS) is 25.8. The van der Waals surface area contributed by atoms with E-state index >= 15 is 0 Å². The van der Waals surface area contributed by atoms with Gasteiger partial charge in [-0.15, -0.1) is 0 Å². The molecule has 1 heterocycles. The minimum absolute atomic E-state index is 0.0473. The Labute approximate surface area is 112 Å². The molecule has 1 N–H and O–H groups in total. The maximum absolute atomic E-state index is 12.4. The van der Waals surface area contributed by atoms with Crippen LogP contribution in [0.2, 0.25) is 0 Å². The number of nitrogens with one attached hydrogen (secondary N) is 1. The van der Waals surface area contributed by atoms with Crippen molar-refractivity contribution in [2.45, 2.75) is 78.4 Å². The monoisotopic (exact) mass is 254 g/mol. The summed E-state index contributed by atoms with van der Waals surface area (Å²) in [5.41, 5.74) is 0. The van der Waals surface area contributed by atoms with Gasteiger partial charge in [0.15, 0.2) is 0 Å². The Hall–Kier alpha value is -0.570. The first-order valence-electron chi connectivity index (χ1n) is 7.72. The zero-order chi connectivity index (χ0) is 13.5. The zero-order valence-electron chi connectivity index (χ0n) is 12.5. The summed E-state index contributed by atoms with van der Waals surface area (Å²) in [5, 5.41) is 3.51. The van der Waals surface area contributed by atoms with E-state index in [9.17, 15) is 4.79 Å². The van der Waals surface area contributed by atoms with Crippen LogP contribution in [0.15, 0.2) is 0 Å². The lowest BCUT2D eigenvalue weighted by atomic mass is 9.99. The van der Waals surface area contributed by atoms with Gasteiger partial charge in [-0.25, -0.2) is 0 Å². The molecule has 3 atom stereocenters. The van der Waals surface area contributed by atoms with Gasteiger partial charge in [0.2, 0.25) is 5.91 Å². The molecule has 1 saturated heterocycles. The van der Waals surface area contributed by atoms with Gasteiger partial charge in [0, 0.05) is 6.54 Å². The first kappa shape index (κ1) is 15.5. The predicted molar refractivity (Wildman–Crippen MR) is 76.3 cm³/mol. The molecule has 1 amide bonds. The van der Waals surface area contributed by atoms with Crippen molar-refractivity contribution in [2.75, 3.05) is 6.54 Å². The summed E-state index contributed by atoms with van der Waals surface area (Å²) >= 11 is 0. The molecule has 3 heteroatoms. The Balaban J connectivity index is 2.51. The summed E-state index contributed by atoms with van der Waals surface area (Å²) in [6, 6.07) is 0.0473. The summed E-state index contributed by atoms with van der Waals surface area (Å²) < 4.78 is 0. The molecule has 0 spiro atoms. The van der Waals surface area contributed by atoms with E-state index in [-0.39, 0.29) is 12.2 Å². The second kappa shape index (κ2) is 7.78. The number of nitrogens with zero attached hydrogens (tertiary/aromatic N) is 1. The first-order valence-corrected chi connectivity index (χ1v) is 7.72. The van der Waals surface area contributed by atoms with Crippen LogP contribution in [-0.4, -0.2) is 29.6 Å². The topological polar surface area (TPSA) is 32.3 Å². The number of carbonyl (C=O) groups is 1. The first-order chi connectivity index (χ1) is 8.65. The Morgan fingerprint density at radius 1 is 1.22 bits per heavy atom. The van der Waals surface area contributed by atoms with Crippen molar-refractivity contribution in [1.29, 1.82) is 0 Å². The van der Waals surface area contributed by atoms with Crippen LogP contribution in [-0.2, 0) is 4.79 Å². The Bertz CT molecular complexity index is 255. The predicted octanol–water partition coefficient (Wildman–Crippen LogP) is 3.15. The van der Waals surface area contributed by atoms with Gasteiger partial charge in [0.05, 0.1) is 12.2 Å². The third-order valence-electron chi connectivity index (χ3n) is 4.15. The molecular formula is C15H30N2O. The molecule has 1 fully saturated rings. The summed E-state index contributed by atoms with van der Waals surface area (Å²) in [6.45, 7) is 9.63. The van der Waals surface area contributed by atoms with Gasteiger partial charge in [-0.3, -0.25) is 10.1 Å². The van der Waals surface area contributed by atoms with E-state index < -0.39 is 0 Å². The molecule has 0 aromatic carbocycles. The zero-order valence-corrected chi connectivity index (χ0v) is 12.5. The molecule has 106 valence electrons. The fourth-order valence-corrected chi connectivity index (χ4v) is 2.66. The molecule has 18 heavy (non-hydrogen) atoms. The maximum atomic E-state index is 12.4. The van der Waals surface area contributed by atoms with E-state index in [0.717, 1.165) is 25.8 Å². The van der Waals surface area contributed by atoms with Crippen LogP contribution in [0.25, 0.3) is 0 Å². The summed E-state index contributed by atoms with van der Waals surface area (Å²) in [7, 11) is 0. The molecule has 1 aliphatic rings. The molecule has 0 radical (unpaired) electrons. The van der Waals surface area contributed by atoms with Crippen LogP contribution >= 0.6 is 0 Å². The van der Waals surface area contributed by atoms with E-state index in [1.165, 1.54) is 19.3 Å². The lowest BCUT2D eigenvalue weighted by molar-refractivity contribution is -0.131. The van der Waals surface area contributed by atoms with E-state index in [4.69, 9.17) is 0 Å². The second-order valence-electron chi connectivity index (χ2n) is 5.55. The standard InChI is InChI=1S/C15H30N2O/c1-5-8-9-10-11-17-13(7-3)16-14(15(17)18)12(4)6-2/h12-14,16H,5-11H2,1-4H3. The van der Waals surface area contributed by atoms with E-state index in [1.807, 2.05) is 0 Å². The molecule has 0 saturated carbocycles. The molecule has 0 aliphatic carbocycles. The van der Waals surface area contributed by atoms with Gasteiger partial charge in [-0.1, -0.05) is 53.4 Å². The Morgan fingerprint density at radius 2 is 1.94 bits per heavy atom. The number of rotatable bonds is 8. The fraction of sp³-hybridized carbons (Fsp3) is 0.933. The van der Waals surface area contributed by atoms with Crippen molar-refractivity contribution in [3.8, 4) is 0 Å². The van der Waals surface area contributed by atoms with Crippen LogP contribution in [0.1, 0.15) is 66.2 Å². The number of unbranched alkanes of at least 4 members (excludes halogenated alkanes) is 3. The third kappa shape index (κ3) is 3.71. The maximum Gasteiger partial charge on any atom is 0.241 e. The second-order valence-corrected chi connectivity index (χ2v) is 5.55. The van der Waals surface area contributed by atoms with Crippen LogP contribution < -0.4 is 5.32 Å². The Morgan fingerprint density at radius 3 is 2.50 bits per heavy atom. The highest BCUT2D eigenvalue weighted by molar-refractivity contribution is 5.84. The highest BCUT2D eigenvalue weighted by Gasteiger charge is 2.39. The number of hydrogen-bond acceptors (Lipinski definition) is 2. The molecule has 0 bridgehead atoms. The highest BCUT2D eigenvalue weighted by Crippen LogP contribution is 2.21. The Kier molecular flexibility index (Phi) is 6.69. The lowest BCUT2D eigenvalue weighted by Crippen LogP contribution is -2.37. The van der Waals surface area contributed by atoms with Gasteiger partial charge in [-0.05, 0) is 18.8 Å². The average molecular weight is 254 g/mol. The van der Waals surface area contributed by atoms with Crippen molar-refractivity contribution in [3.63, 3.8) is 0 Å². The van der Waals surface area contributed by atoms with Gasteiger partial charge in [-0.2, -0.15) is 0 Å². The largest absolute Gasteiger partial charge is 0.326 e. The van der Waals surface area contributed by atoms with Crippen molar-refractivity contribution < 1.29 is 4.79 Å². The quantitative estimate of drug-likeness (QED) is 0.675. The molecule has 0 aromatic rings. The lowest BCUT2D eigenvalue weighted by Gasteiger charge is -2.23. The van der Waals surface area contributed by atoms with Crippen LogP contribution in [0, 0.1) is 5.92 Å². The van der Waals surface area contributed by atoms with Crippen molar-refractivity contribution in [3.05, 3.63) is 0 Å². The SMILES string of the molecule is CCCCCCN1C(=O)C(C(C)CC)NC1CC. The summed E-state index contributed by atoms with van der Waals surface area (Å²) in [5.74, 6) is 0.764. The van der Waals surface area contributed by atoms with Gasteiger partial charge >= 0.3 is 0 Å². The number of carbonyl (C=O) groups excluding carboxylic acids is 1. The third-order valence-corrected chi connectivity index (χ3v) is 4.15. The van der Waals surface area contributed by atoms with Crippen LogP contribution in [0.3, 0.4) is 0 Å². The highest BCUT2D eigenvalue weighted by atomic mass is 16.2. The molecule has 1 rings (SSSR count). The van der Waals surface area contributed by atoms with E-state index in [1.54, 1.807) is 0 Å². The van der Waals surface area contributed by atoms with Crippen LogP contribution in [0.4, 0.5) is 0 Å². The summed E-state index contributed by atoms with van der Waals surface area (Å²) in [4.78, 5) is 14.5. The van der Waals surface area contributed by atoms with Gasteiger partial charge < -0.3 is 4.90 Å². The molecular weight excluding hydrogens is 224 g/mol. The number of hydrogen-bond donors (Lipinski definition) is 1. The minimum atomic E-state index is 0.0473. The van der Waals surface area contributed by atoms with E-state index in [0.29, 0.717) is 11.8 Å². The van der Waals surface area contributed by atoms with Gasteiger partial charge in [0.1, 0.15) is 0 Å². The molecule has 3 unspecified atom stereocenters. The van der Waals surface area contributed by atoms with Crippen molar-refractivity contribution in [1.82, 2.24) is 10.2 Å². The van der Waals surface area contributed by atoms with Crippen molar-refractivity contribution >= 4 is 5.91 Å². The number of amides is 1. The van der Waals surface area contributed by atoms with E-state index in [2.05, 4.69) is 37.9 Å². The smallest absolute Gasteiger partial charge is 0.241 e. The molecule has 0 aromatic heterocycles. The average Bonchev–Trinajstić information content (AvgIpc) is 2.71. The van der Waals surface area contributed by atoms with Gasteiger partial charge in [0.25, 0.3) is 0 Å². The fourth-order valence-electron chi connectivity index (χ4n) is 2.66. The van der Waals surface area contributed by atoms with Crippen LogP contribution in [0.5, 0.6) is 0 Å². The summed E-state index contributed by atoms with van der Waals surface area (Å²) in [6.07, 6.45) is 7.24.